The highest BCUT2D eigenvalue weighted by molar-refractivity contribution is 6.25. The Bertz CT molecular complexity index is 1200. The summed E-state index contributed by atoms with van der Waals surface area (Å²) in [4.78, 5) is 38.4. The summed E-state index contributed by atoms with van der Waals surface area (Å²) in [5.41, 5.74) is 1.87. The fraction of sp³-hybridized carbons (Fsp3) is 0.0952. The van der Waals surface area contributed by atoms with Gasteiger partial charge in [-0.3, -0.25) is 19.7 Å². The normalized spacial score (nSPS) is 13.4. The van der Waals surface area contributed by atoms with Crippen LogP contribution < -0.4 is 4.90 Å². The Morgan fingerprint density at radius 3 is 2.34 bits per heavy atom. The smallest absolute Gasteiger partial charge is 0.282 e. The van der Waals surface area contributed by atoms with Crippen LogP contribution in [-0.2, 0) is 0 Å². The highest BCUT2D eigenvalue weighted by Crippen LogP contribution is 2.33. The molecule has 0 radical (unpaired) electrons. The number of hydrazone groups is 1. The molecule has 0 unspecified atom stereocenters. The van der Waals surface area contributed by atoms with Crippen LogP contribution in [-0.4, -0.2) is 42.1 Å². The van der Waals surface area contributed by atoms with Gasteiger partial charge in [0.15, 0.2) is 0 Å². The lowest BCUT2D eigenvalue weighted by Gasteiger charge is -2.23. The summed E-state index contributed by atoms with van der Waals surface area (Å²) in [6.45, 7) is 0. The molecule has 0 atom stereocenters. The van der Waals surface area contributed by atoms with Crippen LogP contribution in [0.4, 0.5) is 11.4 Å². The first-order valence-electron chi connectivity index (χ1n) is 8.78. The number of carbonyl (C=O) groups excluding carboxylic acids is 2. The highest BCUT2D eigenvalue weighted by Gasteiger charge is 2.34. The minimum absolute atomic E-state index is 0.0875. The van der Waals surface area contributed by atoms with Crippen molar-refractivity contribution in [1.82, 2.24) is 5.01 Å². The fourth-order valence-electron chi connectivity index (χ4n) is 3.27. The van der Waals surface area contributed by atoms with Crippen LogP contribution >= 0.6 is 0 Å². The fourth-order valence-corrected chi connectivity index (χ4v) is 3.27. The molecule has 0 saturated heterocycles. The molecular weight excluding hydrogens is 372 g/mol. The van der Waals surface area contributed by atoms with Crippen LogP contribution in [0.1, 0.15) is 26.3 Å². The Morgan fingerprint density at radius 1 is 1.00 bits per heavy atom. The molecule has 4 rings (SSSR count). The zero-order valence-corrected chi connectivity index (χ0v) is 15.7. The SMILES string of the molecule is CN(C)c1ccc(C=NN2C(=O)c3cccc4cc([N+](=O)[O-])cc(c34)C2=O)cc1. The summed E-state index contributed by atoms with van der Waals surface area (Å²) >= 11 is 0. The lowest BCUT2D eigenvalue weighted by molar-refractivity contribution is -0.384. The van der Waals surface area contributed by atoms with Gasteiger partial charge in [-0.15, -0.1) is 0 Å². The standard InChI is InChI=1S/C21H16N4O4/c1-23(2)15-8-6-13(7-9-15)12-22-24-20(26)17-5-3-4-14-10-16(25(28)29)11-18(19(14)17)21(24)27/h3-12H,1-2H3. The van der Waals surface area contributed by atoms with E-state index in [4.69, 9.17) is 0 Å². The summed E-state index contributed by atoms with van der Waals surface area (Å²) in [7, 11) is 3.84. The van der Waals surface area contributed by atoms with Crippen LogP contribution in [0.3, 0.4) is 0 Å². The van der Waals surface area contributed by atoms with Crippen molar-refractivity contribution < 1.29 is 14.5 Å². The molecule has 29 heavy (non-hydrogen) atoms. The Labute approximate surface area is 165 Å². The van der Waals surface area contributed by atoms with E-state index in [1.165, 1.54) is 18.3 Å². The van der Waals surface area contributed by atoms with Crippen molar-refractivity contribution in [2.24, 2.45) is 5.10 Å². The minimum atomic E-state index is -0.691. The highest BCUT2D eigenvalue weighted by atomic mass is 16.6. The average Bonchev–Trinajstić information content (AvgIpc) is 2.71. The number of nitro groups is 1. The maximum absolute atomic E-state index is 12.9. The van der Waals surface area contributed by atoms with Crippen molar-refractivity contribution in [3.8, 4) is 0 Å². The number of nitro benzene ring substituents is 1. The number of hydrogen-bond acceptors (Lipinski definition) is 6. The third-order valence-electron chi connectivity index (χ3n) is 4.75. The number of nitrogens with zero attached hydrogens (tertiary/aromatic N) is 4. The molecule has 0 aliphatic carbocycles. The van der Waals surface area contributed by atoms with E-state index >= 15 is 0 Å². The quantitative estimate of drug-likeness (QED) is 0.295. The van der Waals surface area contributed by atoms with E-state index in [0.29, 0.717) is 16.3 Å². The maximum Gasteiger partial charge on any atom is 0.282 e. The van der Waals surface area contributed by atoms with Gasteiger partial charge in [-0.1, -0.05) is 24.3 Å². The second kappa shape index (κ2) is 6.83. The molecule has 2 amide bonds. The number of amides is 2. The number of rotatable bonds is 4. The lowest BCUT2D eigenvalue weighted by atomic mass is 9.94. The van der Waals surface area contributed by atoms with Gasteiger partial charge in [0.05, 0.1) is 22.3 Å². The van der Waals surface area contributed by atoms with Crippen molar-refractivity contribution >= 4 is 40.2 Å². The molecule has 0 N–H and O–H groups in total. The van der Waals surface area contributed by atoms with Crippen LogP contribution in [0, 0.1) is 10.1 Å². The Hall–Kier alpha value is -4.07. The van der Waals surface area contributed by atoms with Crippen LogP contribution in [0.2, 0.25) is 0 Å². The summed E-state index contributed by atoms with van der Waals surface area (Å²) in [5, 5.41) is 16.9. The van der Waals surface area contributed by atoms with Gasteiger partial charge in [0, 0.05) is 37.3 Å². The molecule has 1 heterocycles. The summed E-state index contributed by atoms with van der Waals surface area (Å²) in [6.07, 6.45) is 1.41. The van der Waals surface area contributed by atoms with E-state index < -0.39 is 16.7 Å². The molecule has 1 aliphatic heterocycles. The second-order valence-corrected chi connectivity index (χ2v) is 6.81. The lowest BCUT2D eigenvalue weighted by Crippen LogP contribution is -2.36. The van der Waals surface area contributed by atoms with Crippen LogP contribution in [0.15, 0.2) is 59.7 Å². The van der Waals surface area contributed by atoms with E-state index in [9.17, 15) is 19.7 Å². The molecule has 3 aromatic rings. The Morgan fingerprint density at radius 2 is 1.69 bits per heavy atom. The van der Waals surface area contributed by atoms with Gasteiger partial charge >= 0.3 is 0 Å². The van der Waals surface area contributed by atoms with E-state index in [0.717, 1.165) is 10.7 Å². The number of non-ortho nitro benzene ring substituents is 1. The monoisotopic (exact) mass is 388 g/mol. The summed E-state index contributed by atoms with van der Waals surface area (Å²) in [5.74, 6) is -1.26. The van der Waals surface area contributed by atoms with Crippen molar-refractivity contribution in [2.45, 2.75) is 0 Å². The third kappa shape index (κ3) is 3.10. The predicted molar refractivity (Wildman–Crippen MR) is 109 cm³/mol. The van der Waals surface area contributed by atoms with Gasteiger partial charge in [0.1, 0.15) is 0 Å². The maximum atomic E-state index is 12.9. The summed E-state index contributed by atoms with van der Waals surface area (Å²) < 4.78 is 0. The molecule has 8 heteroatoms. The molecule has 0 spiro atoms. The van der Waals surface area contributed by atoms with Crippen molar-refractivity contribution in [3.63, 3.8) is 0 Å². The number of anilines is 1. The molecule has 0 aromatic heterocycles. The molecule has 1 aliphatic rings. The largest absolute Gasteiger partial charge is 0.378 e. The molecule has 0 bridgehead atoms. The van der Waals surface area contributed by atoms with Crippen molar-refractivity contribution in [2.75, 3.05) is 19.0 Å². The van der Waals surface area contributed by atoms with E-state index in [-0.39, 0.29) is 16.8 Å². The van der Waals surface area contributed by atoms with Crippen molar-refractivity contribution in [1.29, 1.82) is 0 Å². The van der Waals surface area contributed by atoms with E-state index in [2.05, 4.69) is 5.10 Å². The topological polar surface area (TPSA) is 96.1 Å². The molecule has 0 saturated carbocycles. The molecular formula is C21H16N4O4. The first-order valence-corrected chi connectivity index (χ1v) is 8.78. The van der Waals surface area contributed by atoms with Gasteiger partial charge in [-0.05, 0) is 29.1 Å². The Balaban J connectivity index is 1.75. The van der Waals surface area contributed by atoms with Gasteiger partial charge in [-0.25, -0.2) is 0 Å². The first kappa shape index (κ1) is 18.3. The molecule has 0 fully saturated rings. The molecule has 8 nitrogen and oxygen atoms in total. The predicted octanol–water partition coefficient (Wildman–Crippen LogP) is 3.44. The number of carbonyl (C=O) groups is 2. The summed E-state index contributed by atoms with van der Waals surface area (Å²) in [6, 6.07) is 14.8. The third-order valence-corrected chi connectivity index (χ3v) is 4.75. The molecule has 144 valence electrons. The first-order chi connectivity index (χ1) is 13.9. The van der Waals surface area contributed by atoms with E-state index in [1.807, 2.05) is 43.3 Å². The number of benzene rings is 3. The van der Waals surface area contributed by atoms with Crippen LogP contribution in [0.5, 0.6) is 0 Å². The zero-order valence-electron chi connectivity index (χ0n) is 15.7. The van der Waals surface area contributed by atoms with Gasteiger partial charge in [0.25, 0.3) is 17.5 Å². The minimum Gasteiger partial charge on any atom is -0.378 e. The van der Waals surface area contributed by atoms with Gasteiger partial charge < -0.3 is 4.90 Å². The average molecular weight is 388 g/mol. The number of hydrogen-bond donors (Lipinski definition) is 0. The Kier molecular flexibility index (Phi) is 4.31. The molecule has 3 aromatic carbocycles. The second-order valence-electron chi connectivity index (χ2n) is 6.81. The van der Waals surface area contributed by atoms with Crippen LogP contribution in [0.25, 0.3) is 10.8 Å². The zero-order chi connectivity index (χ0) is 20.7. The van der Waals surface area contributed by atoms with Gasteiger partial charge in [-0.2, -0.15) is 10.1 Å². The van der Waals surface area contributed by atoms with Crippen molar-refractivity contribution in [3.05, 3.63) is 81.4 Å². The van der Waals surface area contributed by atoms with Gasteiger partial charge in [0.2, 0.25) is 0 Å². The van der Waals surface area contributed by atoms with E-state index in [1.54, 1.807) is 18.2 Å². The number of imide groups is 1.